The molecule has 0 N–H and O–H groups in total. The van der Waals surface area contributed by atoms with Gasteiger partial charge in [-0.05, 0) is 38.8 Å². The molecule has 1 atom stereocenters. The number of benzene rings is 1. The van der Waals surface area contributed by atoms with Crippen molar-refractivity contribution in [2.45, 2.75) is 32.8 Å². The molecular weight excluding hydrogens is 328 g/mol. The molecule has 8 heteroatoms. The van der Waals surface area contributed by atoms with Crippen molar-refractivity contribution in [3.63, 3.8) is 0 Å². The first-order valence-corrected chi connectivity index (χ1v) is 8.29. The van der Waals surface area contributed by atoms with Gasteiger partial charge in [-0.3, -0.25) is 19.7 Å². The maximum absolute atomic E-state index is 12.5. The van der Waals surface area contributed by atoms with E-state index in [1.54, 1.807) is 18.7 Å². The average Bonchev–Trinajstić information content (AvgIpc) is 2.61. The first-order chi connectivity index (χ1) is 11.9. The Morgan fingerprint density at radius 2 is 1.88 bits per heavy atom. The topological polar surface area (TPSA) is 99.0 Å². The first-order valence-electron chi connectivity index (χ1n) is 8.29. The largest absolute Gasteiger partial charge is 0.481 e. The standard InChI is InChI=1S/C17H22N2O6/c1-3-24-17(21)13-8-10-18(11-9-13)16(20)12(2)25-15-6-4-14(5-7-15)19(22)23/h4-7,12-13H,3,8-11H2,1-2H3. The normalized spacial score (nSPS) is 16.2. The van der Waals surface area contributed by atoms with Crippen LogP contribution in [0.1, 0.15) is 26.7 Å². The number of likely N-dealkylation sites (tertiary alicyclic amines) is 1. The maximum atomic E-state index is 12.5. The second kappa shape index (κ2) is 8.46. The number of esters is 1. The van der Waals surface area contributed by atoms with Gasteiger partial charge in [0.05, 0.1) is 17.4 Å². The summed E-state index contributed by atoms with van der Waals surface area (Å²) >= 11 is 0. The number of hydrogen-bond acceptors (Lipinski definition) is 6. The molecule has 2 rings (SSSR count). The lowest BCUT2D eigenvalue weighted by atomic mass is 9.97. The molecule has 8 nitrogen and oxygen atoms in total. The van der Waals surface area contributed by atoms with E-state index >= 15 is 0 Å². The van der Waals surface area contributed by atoms with Crippen LogP contribution < -0.4 is 4.74 Å². The molecule has 0 aliphatic carbocycles. The van der Waals surface area contributed by atoms with Gasteiger partial charge < -0.3 is 14.4 Å². The average molecular weight is 350 g/mol. The molecule has 1 aliphatic heterocycles. The van der Waals surface area contributed by atoms with Gasteiger partial charge in [0.25, 0.3) is 11.6 Å². The molecule has 0 aromatic heterocycles. The number of nitrogens with zero attached hydrogens (tertiary/aromatic N) is 2. The van der Waals surface area contributed by atoms with Crippen molar-refractivity contribution in [3.05, 3.63) is 34.4 Å². The molecule has 0 radical (unpaired) electrons. The predicted octanol–water partition coefficient (Wildman–Crippen LogP) is 2.16. The fourth-order valence-electron chi connectivity index (χ4n) is 2.75. The molecule has 1 aromatic carbocycles. The van der Waals surface area contributed by atoms with Gasteiger partial charge in [-0.1, -0.05) is 0 Å². The van der Waals surface area contributed by atoms with Crippen LogP contribution in [0.3, 0.4) is 0 Å². The number of carbonyl (C=O) groups is 2. The van der Waals surface area contributed by atoms with Crippen LogP contribution in [-0.4, -0.2) is 47.5 Å². The molecule has 0 bridgehead atoms. The molecule has 1 saturated heterocycles. The van der Waals surface area contributed by atoms with Crippen molar-refractivity contribution in [2.24, 2.45) is 5.92 Å². The Hall–Kier alpha value is -2.64. The summed E-state index contributed by atoms with van der Waals surface area (Å²) in [5, 5.41) is 10.6. The molecule has 136 valence electrons. The van der Waals surface area contributed by atoms with Crippen LogP contribution in [0.4, 0.5) is 5.69 Å². The molecule has 25 heavy (non-hydrogen) atoms. The number of ether oxygens (including phenoxy) is 2. The number of nitro benzene ring substituents is 1. The monoisotopic (exact) mass is 350 g/mol. The molecule has 0 spiro atoms. The predicted molar refractivity (Wildman–Crippen MR) is 89.1 cm³/mol. The van der Waals surface area contributed by atoms with Crippen molar-refractivity contribution >= 4 is 17.6 Å². The summed E-state index contributed by atoms with van der Waals surface area (Å²) in [7, 11) is 0. The molecule has 1 amide bonds. The van der Waals surface area contributed by atoms with E-state index < -0.39 is 11.0 Å². The Balaban J connectivity index is 1.86. The van der Waals surface area contributed by atoms with Gasteiger partial charge in [0.2, 0.25) is 0 Å². The highest BCUT2D eigenvalue weighted by molar-refractivity contribution is 5.81. The van der Waals surface area contributed by atoms with E-state index in [1.807, 2.05) is 0 Å². The minimum atomic E-state index is -0.708. The summed E-state index contributed by atoms with van der Waals surface area (Å²) in [5.74, 6) is -0.131. The van der Waals surface area contributed by atoms with Crippen LogP contribution in [0, 0.1) is 16.0 Å². The Labute approximate surface area is 145 Å². The first kappa shape index (κ1) is 18.7. The summed E-state index contributed by atoms with van der Waals surface area (Å²) in [4.78, 5) is 36.0. The van der Waals surface area contributed by atoms with E-state index in [-0.39, 0.29) is 23.5 Å². The van der Waals surface area contributed by atoms with Crippen molar-refractivity contribution in [2.75, 3.05) is 19.7 Å². The number of nitro groups is 1. The number of hydrogen-bond donors (Lipinski definition) is 0. The summed E-state index contributed by atoms with van der Waals surface area (Å²) in [6.45, 7) is 4.74. The third-order valence-corrected chi connectivity index (χ3v) is 4.13. The fraction of sp³-hybridized carbons (Fsp3) is 0.529. The van der Waals surface area contributed by atoms with Gasteiger partial charge in [-0.25, -0.2) is 0 Å². The van der Waals surface area contributed by atoms with Crippen molar-refractivity contribution in [1.82, 2.24) is 4.90 Å². The minimum absolute atomic E-state index is 0.0348. The second-order valence-electron chi connectivity index (χ2n) is 5.86. The lowest BCUT2D eigenvalue weighted by molar-refractivity contribution is -0.384. The molecular formula is C17H22N2O6. The second-order valence-corrected chi connectivity index (χ2v) is 5.86. The van der Waals surface area contributed by atoms with Crippen LogP contribution >= 0.6 is 0 Å². The number of non-ortho nitro benzene ring substituents is 1. The maximum Gasteiger partial charge on any atom is 0.309 e. The van der Waals surface area contributed by atoms with E-state index in [0.717, 1.165) is 0 Å². The third kappa shape index (κ3) is 4.91. The summed E-state index contributed by atoms with van der Waals surface area (Å²) < 4.78 is 10.6. The molecule has 1 heterocycles. The van der Waals surface area contributed by atoms with Crippen LogP contribution in [0.15, 0.2) is 24.3 Å². The quantitative estimate of drug-likeness (QED) is 0.443. The van der Waals surface area contributed by atoms with E-state index in [4.69, 9.17) is 9.47 Å². The summed E-state index contributed by atoms with van der Waals surface area (Å²) in [5.41, 5.74) is -0.0348. The molecule has 1 aromatic rings. The highest BCUT2D eigenvalue weighted by atomic mass is 16.6. The lowest BCUT2D eigenvalue weighted by Gasteiger charge is -2.32. The van der Waals surface area contributed by atoms with E-state index in [9.17, 15) is 19.7 Å². The Kier molecular flexibility index (Phi) is 6.32. The van der Waals surface area contributed by atoms with Crippen LogP contribution in [0.5, 0.6) is 5.75 Å². The summed E-state index contributed by atoms with van der Waals surface area (Å²) in [6.07, 6.45) is 0.449. The highest BCUT2D eigenvalue weighted by Gasteiger charge is 2.30. The highest BCUT2D eigenvalue weighted by Crippen LogP contribution is 2.22. The summed E-state index contributed by atoms with van der Waals surface area (Å²) in [6, 6.07) is 5.60. The van der Waals surface area contributed by atoms with Crippen molar-refractivity contribution in [1.29, 1.82) is 0 Å². The van der Waals surface area contributed by atoms with E-state index in [0.29, 0.717) is 38.3 Å². The lowest BCUT2D eigenvalue weighted by Crippen LogP contribution is -2.45. The molecule has 1 fully saturated rings. The number of carbonyl (C=O) groups excluding carboxylic acids is 2. The van der Waals surface area contributed by atoms with Crippen LogP contribution in [-0.2, 0) is 14.3 Å². The number of amides is 1. The van der Waals surface area contributed by atoms with Gasteiger partial charge in [0.15, 0.2) is 6.10 Å². The molecule has 0 saturated carbocycles. The van der Waals surface area contributed by atoms with E-state index in [1.165, 1.54) is 24.3 Å². The zero-order valence-corrected chi connectivity index (χ0v) is 14.3. The number of rotatable bonds is 6. The Morgan fingerprint density at radius 1 is 1.28 bits per heavy atom. The Bertz CT molecular complexity index is 623. The number of piperidine rings is 1. The van der Waals surface area contributed by atoms with Gasteiger partial charge in [-0.15, -0.1) is 0 Å². The van der Waals surface area contributed by atoms with E-state index in [2.05, 4.69) is 0 Å². The van der Waals surface area contributed by atoms with Gasteiger partial charge in [-0.2, -0.15) is 0 Å². The van der Waals surface area contributed by atoms with Crippen molar-refractivity contribution in [3.8, 4) is 5.75 Å². The zero-order chi connectivity index (χ0) is 18.4. The molecule has 1 unspecified atom stereocenters. The molecule has 1 aliphatic rings. The minimum Gasteiger partial charge on any atom is -0.481 e. The SMILES string of the molecule is CCOC(=O)C1CCN(C(=O)C(C)Oc2ccc([N+](=O)[O-])cc2)CC1. The van der Waals surface area contributed by atoms with Gasteiger partial charge in [0.1, 0.15) is 5.75 Å². The van der Waals surface area contributed by atoms with Gasteiger partial charge >= 0.3 is 5.97 Å². The smallest absolute Gasteiger partial charge is 0.309 e. The Morgan fingerprint density at radius 3 is 2.40 bits per heavy atom. The fourth-order valence-corrected chi connectivity index (χ4v) is 2.75. The third-order valence-electron chi connectivity index (χ3n) is 4.13. The zero-order valence-electron chi connectivity index (χ0n) is 14.3. The van der Waals surface area contributed by atoms with Crippen molar-refractivity contribution < 1.29 is 24.0 Å². The van der Waals surface area contributed by atoms with Crippen LogP contribution in [0.25, 0.3) is 0 Å². The van der Waals surface area contributed by atoms with Crippen LogP contribution in [0.2, 0.25) is 0 Å². The van der Waals surface area contributed by atoms with Gasteiger partial charge in [0, 0.05) is 25.2 Å².